The van der Waals surface area contributed by atoms with Crippen LogP contribution in [0.15, 0.2) is 71.5 Å². The zero-order valence-electron chi connectivity index (χ0n) is 20.9. The summed E-state index contributed by atoms with van der Waals surface area (Å²) in [6.45, 7) is 6.09. The molecule has 2 aromatic carbocycles. The number of carbonyl (C=O) groups excluding carboxylic acids is 1. The number of hydrogen-bond donors (Lipinski definition) is 1. The van der Waals surface area contributed by atoms with Gasteiger partial charge in [-0.2, -0.15) is 0 Å². The highest BCUT2D eigenvalue weighted by atomic mass is 16.6. The Bertz CT molecular complexity index is 1530. The number of hydrogen-bond acceptors (Lipinski definition) is 5. The molecule has 1 saturated heterocycles. The number of carboxylic acids is 1. The molecule has 4 aromatic rings. The van der Waals surface area contributed by atoms with Gasteiger partial charge in [0.1, 0.15) is 5.60 Å². The number of nitrogens with zero attached hydrogens (tertiary/aromatic N) is 4. The number of carboxylic acid groups (broad SMARTS) is 1. The van der Waals surface area contributed by atoms with Gasteiger partial charge in [-0.3, -0.25) is 9.13 Å². The van der Waals surface area contributed by atoms with Crippen molar-refractivity contribution in [2.75, 3.05) is 13.1 Å². The van der Waals surface area contributed by atoms with E-state index in [2.05, 4.69) is 4.98 Å². The fourth-order valence-electron chi connectivity index (χ4n) is 4.67. The van der Waals surface area contributed by atoms with E-state index in [-0.39, 0.29) is 29.6 Å². The summed E-state index contributed by atoms with van der Waals surface area (Å²) in [6.07, 6.45) is 0.0759. The van der Waals surface area contributed by atoms with E-state index in [9.17, 15) is 19.5 Å². The van der Waals surface area contributed by atoms with Crippen LogP contribution in [-0.4, -0.2) is 54.9 Å². The Morgan fingerprint density at radius 3 is 2.30 bits per heavy atom. The standard InChI is InChI=1S/C28H28N4O5/c1-28(2,3)37-27(36)30-16-15-21(17-30)32-24-23(14-13-22(29-24)25(33)34)31(26(32)35)20-11-9-19(10-12-20)18-7-5-4-6-8-18/h4-14,21H,15-17H2,1-3H3,(H,33,34)/t21-/m0/s1. The zero-order valence-corrected chi connectivity index (χ0v) is 20.9. The number of ether oxygens (including phenoxy) is 1. The number of likely N-dealkylation sites (tertiary alicyclic amines) is 1. The van der Waals surface area contributed by atoms with Gasteiger partial charge >= 0.3 is 17.8 Å². The molecule has 0 spiro atoms. The van der Waals surface area contributed by atoms with Crippen molar-refractivity contribution < 1.29 is 19.4 Å². The van der Waals surface area contributed by atoms with Crippen LogP contribution < -0.4 is 5.69 Å². The van der Waals surface area contributed by atoms with Crippen LogP contribution in [0, 0.1) is 0 Å². The van der Waals surface area contributed by atoms with Gasteiger partial charge in [-0.15, -0.1) is 0 Å². The molecule has 1 aliphatic heterocycles. The molecule has 0 saturated carbocycles. The van der Waals surface area contributed by atoms with Gasteiger partial charge in [0.25, 0.3) is 0 Å². The normalized spacial score (nSPS) is 15.8. The second kappa shape index (κ2) is 9.24. The van der Waals surface area contributed by atoms with Crippen LogP contribution in [0.25, 0.3) is 28.0 Å². The van der Waals surface area contributed by atoms with E-state index in [0.29, 0.717) is 24.2 Å². The first-order valence-corrected chi connectivity index (χ1v) is 12.1. The second-order valence-electron chi connectivity index (χ2n) is 10.1. The smallest absolute Gasteiger partial charge is 0.410 e. The molecule has 190 valence electrons. The molecular formula is C28H28N4O5. The van der Waals surface area contributed by atoms with E-state index >= 15 is 0 Å². The van der Waals surface area contributed by atoms with Crippen molar-refractivity contribution >= 4 is 23.2 Å². The van der Waals surface area contributed by atoms with E-state index in [0.717, 1.165) is 11.1 Å². The molecule has 1 N–H and O–H groups in total. The highest BCUT2D eigenvalue weighted by Gasteiger charge is 2.33. The lowest BCUT2D eigenvalue weighted by Crippen LogP contribution is -2.36. The van der Waals surface area contributed by atoms with Crippen molar-refractivity contribution in [3.63, 3.8) is 0 Å². The minimum absolute atomic E-state index is 0.153. The summed E-state index contributed by atoms with van der Waals surface area (Å²) in [7, 11) is 0. The molecule has 1 amide bonds. The van der Waals surface area contributed by atoms with E-state index in [1.54, 1.807) is 36.3 Å². The van der Waals surface area contributed by atoms with Crippen LogP contribution in [0.3, 0.4) is 0 Å². The average Bonchev–Trinajstić information content (AvgIpc) is 3.45. The number of aromatic carboxylic acids is 1. The Kier molecular flexibility index (Phi) is 6.07. The van der Waals surface area contributed by atoms with Crippen molar-refractivity contribution in [3.8, 4) is 16.8 Å². The Balaban J connectivity index is 1.57. The lowest BCUT2D eigenvalue weighted by Gasteiger charge is -2.24. The van der Waals surface area contributed by atoms with Crippen LogP contribution in [0.1, 0.15) is 43.7 Å². The molecule has 9 heteroatoms. The molecule has 0 bridgehead atoms. The SMILES string of the molecule is CC(C)(C)OC(=O)N1CC[C@H](n2c(=O)n(-c3ccc(-c4ccccc4)cc3)c3ccc(C(=O)O)nc32)C1. The molecule has 2 aromatic heterocycles. The summed E-state index contributed by atoms with van der Waals surface area (Å²) in [6, 6.07) is 20.2. The van der Waals surface area contributed by atoms with Crippen LogP contribution in [-0.2, 0) is 4.74 Å². The summed E-state index contributed by atoms with van der Waals surface area (Å²) >= 11 is 0. The minimum Gasteiger partial charge on any atom is -0.477 e. The van der Waals surface area contributed by atoms with Crippen molar-refractivity contribution in [2.45, 2.75) is 38.8 Å². The van der Waals surface area contributed by atoms with Crippen molar-refractivity contribution in [3.05, 3.63) is 82.9 Å². The van der Waals surface area contributed by atoms with E-state index in [4.69, 9.17) is 4.74 Å². The second-order valence-corrected chi connectivity index (χ2v) is 10.1. The zero-order chi connectivity index (χ0) is 26.3. The van der Waals surface area contributed by atoms with Crippen LogP contribution in [0.4, 0.5) is 4.79 Å². The van der Waals surface area contributed by atoms with Gasteiger partial charge in [-0.1, -0.05) is 42.5 Å². The van der Waals surface area contributed by atoms with Crippen molar-refractivity contribution in [1.29, 1.82) is 0 Å². The fourth-order valence-corrected chi connectivity index (χ4v) is 4.67. The monoisotopic (exact) mass is 500 g/mol. The summed E-state index contributed by atoms with van der Waals surface area (Å²) in [5.74, 6) is -1.18. The third-order valence-corrected chi connectivity index (χ3v) is 6.35. The van der Waals surface area contributed by atoms with E-state index < -0.39 is 17.7 Å². The Morgan fingerprint density at radius 2 is 1.65 bits per heavy atom. The van der Waals surface area contributed by atoms with E-state index in [1.807, 2.05) is 54.6 Å². The van der Waals surface area contributed by atoms with Gasteiger partial charge in [0.15, 0.2) is 11.3 Å². The first-order chi connectivity index (χ1) is 17.6. The van der Waals surface area contributed by atoms with Gasteiger partial charge in [0.2, 0.25) is 0 Å². The first-order valence-electron chi connectivity index (χ1n) is 12.1. The number of amides is 1. The summed E-state index contributed by atoms with van der Waals surface area (Å²) < 4.78 is 8.55. The van der Waals surface area contributed by atoms with Crippen LogP contribution in [0.5, 0.6) is 0 Å². The topological polar surface area (TPSA) is 107 Å². The van der Waals surface area contributed by atoms with Gasteiger partial charge < -0.3 is 14.7 Å². The maximum Gasteiger partial charge on any atom is 0.410 e. The largest absolute Gasteiger partial charge is 0.477 e. The lowest BCUT2D eigenvalue weighted by atomic mass is 10.1. The van der Waals surface area contributed by atoms with Crippen LogP contribution in [0.2, 0.25) is 0 Å². The average molecular weight is 501 g/mol. The quantitative estimate of drug-likeness (QED) is 0.434. The molecule has 0 unspecified atom stereocenters. The first kappa shape index (κ1) is 24.3. The highest BCUT2D eigenvalue weighted by molar-refractivity contribution is 5.88. The number of benzene rings is 2. The maximum atomic E-state index is 13.8. The number of pyridine rings is 1. The molecule has 1 atom stereocenters. The Morgan fingerprint density at radius 1 is 0.973 bits per heavy atom. The number of fused-ring (bicyclic) bond motifs is 1. The Labute approximate surface area is 213 Å². The lowest BCUT2D eigenvalue weighted by molar-refractivity contribution is 0.0288. The summed E-state index contributed by atoms with van der Waals surface area (Å²) in [4.78, 5) is 44.0. The van der Waals surface area contributed by atoms with Gasteiger partial charge in [0.05, 0.1) is 17.2 Å². The molecule has 3 heterocycles. The van der Waals surface area contributed by atoms with Gasteiger partial charge in [-0.05, 0) is 62.6 Å². The number of rotatable bonds is 4. The predicted octanol–water partition coefficient (Wildman–Crippen LogP) is 4.73. The number of imidazole rings is 1. The molecule has 1 fully saturated rings. The van der Waals surface area contributed by atoms with Crippen molar-refractivity contribution in [2.24, 2.45) is 0 Å². The minimum atomic E-state index is -1.18. The van der Waals surface area contributed by atoms with Crippen molar-refractivity contribution in [1.82, 2.24) is 19.0 Å². The molecular weight excluding hydrogens is 472 g/mol. The number of aromatic nitrogens is 3. The van der Waals surface area contributed by atoms with Gasteiger partial charge in [0, 0.05) is 13.1 Å². The Hall–Kier alpha value is -4.40. The molecule has 5 rings (SSSR count). The van der Waals surface area contributed by atoms with Gasteiger partial charge in [-0.25, -0.2) is 19.4 Å². The third kappa shape index (κ3) is 4.72. The molecule has 0 radical (unpaired) electrons. The third-order valence-electron chi connectivity index (χ3n) is 6.35. The predicted molar refractivity (Wildman–Crippen MR) is 139 cm³/mol. The molecule has 0 aliphatic carbocycles. The van der Waals surface area contributed by atoms with Crippen LogP contribution >= 0.6 is 0 Å². The summed E-state index contributed by atoms with van der Waals surface area (Å²) in [5.41, 5.74) is 2.35. The number of carbonyl (C=O) groups is 2. The summed E-state index contributed by atoms with van der Waals surface area (Å²) in [5, 5.41) is 9.53. The maximum absolute atomic E-state index is 13.8. The molecule has 9 nitrogen and oxygen atoms in total. The highest BCUT2D eigenvalue weighted by Crippen LogP contribution is 2.28. The van der Waals surface area contributed by atoms with E-state index in [1.165, 1.54) is 10.6 Å². The molecule has 1 aliphatic rings. The fraction of sp³-hybridized carbons (Fsp3) is 0.286. The molecule has 37 heavy (non-hydrogen) atoms.